The Morgan fingerprint density at radius 2 is 2.12 bits per heavy atom. The predicted molar refractivity (Wildman–Crippen MR) is 60.1 cm³/mol. The highest BCUT2D eigenvalue weighted by Gasteiger charge is 2.07. The van der Waals surface area contributed by atoms with Gasteiger partial charge in [0.1, 0.15) is 0 Å². The highest BCUT2D eigenvalue weighted by Crippen LogP contribution is 2.05. The summed E-state index contributed by atoms with van der Waals surface area (Å²) in [7, 11) is 0. The topological polar surface area (TPSA) is 68.0 Å². The SMILES string of the molecule is CCCCCCCn1nncc1CC(=O)O. The summed E-state index contributed by atoms with van der Waals surface area (Å²) in [4.78, 5) is 10.6. The molecule has 0 aliphatic rings. The van der Waals surface area contributed by atoms with Crippen molar-refractivity contribution in [2.75, 3.05) is 0 Å². The Morgan fingerprint density at radius 1 is 1.38 bits per heavy atom. The number of carbonyl (C=O) groups is 1. The Bertz CT molecular complexity index is 323. The monoisotopic (exact) mass is 225 g/mol. The van der Waals surface area contributed by atoms with E-state index in [9.17, 15) is 4.79 Å². The molecule has 0 atom stereocenters. The molecule has 5 nitrogen and oxygen atoms in total. The molecule has 0 radical (unpaired) electrons. The molecule has 0 aliphatic heterocycles. The molecule has 1 aromatic heterocycles. The lowest BCUT2D eigenvalue weighted by molar-refractivity contribution is -0.136. The molecule has 1 N–H and O–H groups in total. The quantitative estimate of drug-likeness (QED) is 0.686. The third-order valence-electron chi connectivity index (χ3n) is 2.50. The molecule has 16 heavy (non-hydrogen) atoms. The van der Waals surface area contributed by atoms with E-state index in [1.807, 2.05) is 0 Å². The maximum Gasteiger partial charge on any atom is 0.309 e. The molecular formula is C11H19N3O2. The second-order valence-corrected chi connectivity index (χ2v) is 3.93. The third-order valence-corrected chi connectivity index (χ3v) is 2.50. The van der Waals surface area contributed by atoms with Crippen LogP contribution in [-0.2, 0) is 17.8 Å². The summed E-state index contributed by atoms with van der Waals surface area (Å²) in [6.45, 7) is 2.95. The van der Waals surface area contributed by atoms with Crippen LogP contribution in [0.1, 0.15) is 44.7 Å². The molecule has 0 aromatic carbocycles. The van der Waals surface area contributed by atoms with Crippen molar-refractivity contribution in [1.82, 2.24) is 15.0 Å². The van der Waals surface area contributed by atoms with Gasteiger partial charge in [-0.25, -0.2) is 4.68 Å². The molecular weight excluding hydrogens is 206 g/mol. The van der Waals surface area contributed by atoms with Crippen molar-refractivity contribution in [1.29, 1.82) is 0 Å². The molecule has 0 saturated heterocycles. The van der Waals surface area contributed by atoms with Crippen LogP contribution in [0.5, 0.6) is 0 Å². The molecule has 5 heteroatoms. The van der Waals surface area contributed by atoms with E-state index in [1.54, 1.807) is 4.68 Å². The highest BCUT2D eigenvalue weighted by atomic mass is 16.4. The first-order valence-corrected chi connectivity index (χ1v) is 5.83. The molecule has 0 unspecified atom stereocenters. The van der Waals surface area contributed by atoms with Crippen LogP contribution in [0, 0.1) is 0 Å². The van der Waals surface area contributed by atoms with Gasteiger partial charge in [-0.2, -0.15) is 0 Å². The summed E-state index contributed by atoms with van der Waals surface area (Å²) in [6.07, 6.45) is 7.46. The largest absolute Gasteiger partial charge is 0.481 e. The van der Waals surface area contributed by atoms with E-state index >= 15 is 0 Å². The van der Waals surface area contributed by atoms with Crippen molar-refractivity contribution >= 4 is 5.97 Å². The number of hydrogen-bond donors (Lipinski definition) is 1. The molecule has 0 bridgehead atoms. The standard InChI is InChI=1S/C11H19N3O2/c1-2-3-4-5-6-7-14-10(8-11(15)16)9-12-13-14/h9H,2-8H2,1H3,(H,15,16). The Morgan fingerprint density at radius 3 is 2.81 bits per heavy atom. The van der Waals surface area contributed by atoms with Crippen molar-refractivity contribution in [3.8, 4) is 0 Å². The molecule has 0 amide bonds. The van der Waals surface area contributed by atoms with Crippen molar-refractivity contribution in [3.63, 3.8) is 0 Å². The van der Waals surface area contributed by atoms with E-state index < -0.39 is 5.97 Å². The van der Waals surface area contributed by atoms with E-state index in [0.717, 1.165) is 13.0 Å². The Kier molecular flexibility index (Phi) is 5.53. The third kappa shape index (κ3) is 4.42. The van der Waals surface area contributed by atoms with Crippen molar-refractivity contribution in [2.24, 2.45) is 0 Å². The van der Waals surface area contributed by atoms with E-state index in [0.29, 0.717) is 5.69 Å². The van der Waals surface area contributed by atoms with Crippen LogP contribution in [0.15, 0.2) is 6.20 Å². The van der Waals surface area contributed by atoms with E-state index in [4.69, 9.17) is 5.11 Å². The van der Waals surface area contributed by atoms with Crippen molar-refractivity contribution in [3.05, 3.63) is 11.9 Å². The lowest BCUT2D eigenvalue weighted by atomic mass is 10.1. The summed E-state index contributed by atoms with van der Waals surface area (Å²) in [5.41, 5.74) is 0.683. The van der Waals surface area contributed by atoms with Gasteiger partial charge in [-0.15, -0.1) is 5.10 Å². The Labute approximate surface area is 95.5 Å². The van der Waals surface area contributed by atoms with Crippen LogP contribution < -0.4 is 0 Å². The fraction of sp³-hybridized carbons (Fsp3) is 0.727. The van der Waals surface area contributed by atoms with Crippen LogP contribution in [0.3, 0.4) is 0 Å². The van der Waals surface area contributed by atoms with Crippen LogP contribution in [0.4, 0.5) is 0 Å². The summed E-state index contributed by atoms with van der Waals surface area (Å²) >= 11 is 0. The fourth-order valence-corrected chi connectivity index (χ4v) is 1.62. The zero-order chi connectivity index (χ0) is 11.8. The number of carboxylic acids is 1. The number of carboxylic acid groups (broad SMARTS) is 1. The molecule has 1 heterocycles. The van der Waals surface area contributed by atoms with E-state index in [1.165, 1.54) is 31.9 Å². The fourth-order valence-electron chi connectivity index (χ4n) is 1.62. The first-order valence-electron chi connectivity index (χ1n) is 5.83. The summed E-state index contributed by atoms with van der Waals surface area (Å²) in [5, 5.41) is 16.3. The van der Waals surface area contributed by atoms with E-state index in [2.05, 4.69) is 17.2 Å². The molecule has 0 saturated carbocycles. The number of rotatable bonds is 8. The molecule has 0 spiro atoms. The lowest BCUT2D eigenvalue weighted by Gasteiger charge is -2.04. The first kappa shape index (κ1) is 12.7. The lowest BCUT2D eigenvalue weighted by Crippen LogP contribution is -2.09. The summed E-state index contributed by atoms with van der Waals surface area (Å²) in [5.74, 6) is -0.838. The molecule has 90 valence electrons. The van der Waals surface area contributed by atoms with Gasteiger partial charge in [0.2, 0.25) is 0 Å². The van der Waals surface area contributed by atoms with Crippen LogP contribution in [-0.4, -0.2) is 26.1 Å². The van der Waals surface area contributed by atoms with Gasteiger partial charge in [-0.3, -0.25) is 4.79 Å². The molecule has 0 aliphatic carbocycles. The van der Waals surface area contributed by atoms with Gasteiger partial charge in [-0.1, -0.05) is 37.8 Å². The maximum atomic E-state index is 10.6. The van der Waals surface area contributed by atoms with Crippen LogP contribution in [0.2, 0.25) is 0 Å². The van der Waals surface area contributed by atoms with Gasteiger partial charge in [-0.05, 0) is 6.42 Å². The molecule has 1 rings (SSSR count). The smallest absolute Gasteiger partial charge is 0.309 e. The van der Waals surface area contributed by atoms with Gasteiger partial charge in [0.05, 0.1) is 18.3 Å². The first-order chi connectivity index (χ1) is 7.74. The molecule has 0 fully saturated rings. The van der Waals surface area contributed by atoms with Gasteiger partial charge in [0, 0.05) is 6.54 Å². The number of aliphatic carboxylic acids is 1. The van der Waals surface area contributed by atoms with Crippen LogP contribution in [0.25, 0.3) is 0 Å². The Hall–Kier alpha value is -1.39. The van der Waals surface area contributed by atoms with E-state index in [-0.39, 0.29) is 6.42 Å². The van der Waals surface area contributed by atoms with Crippen LogP contribution >= 0.6 is 0 Å². The van der Waals surface area contributed by atoms with Gasteiger partial charge in [0.25, 0.3) is 0 Å². The predicted octanol–water partition coefficient (Wildman–Crippen LogP) is 1.88. The number of unbranched alkanes of at least 4 members (excludes halogenated alkanes) is 4. The number of aromatic nitrogens is 3. The second-order valence-electron chi connectivity index (χ2n) is 3.93. The number of hydrogen-bond acceptors (Lipinski definition) is 3. The summed E-state index contributed by atoms with van der Waals surface area (Å²) < 4.78 is 1.69. The minimum atomic E-state index is -0.838. The zero-order valence-electron chi connectivity index (χ0n) is 9.72. The normalized spacial score (nSPS) is 10.6. The number of nitrogens with zero attached hydrogens (tertiary/aromatic N) is 3. The molecule has 1 aromatic rings. The average Bonchev–Trinajstić information content (AvgIpc) is 2.64. The summed E-state index contributed by atoms with van der Waals surface area (Å²) in [6, 6.07) is 0. The zero-order valence-corrected chi connectivity index (χ0v) is 9.72. The minimum Gasteiger partial charge on any atom is -0.481 e. The Balaban J connectivity index is 2.30. The van der Waals surface area contributed by atoms with Gasteiger partial charge in [0.15, 0.2) is 0 Å². The van der Waals surface area contributed by atoms with Crippen molar-refractivity contribution < 1.29 is 9.90 Å². The minimum absolute atomic E-state index is 0.00194. The number of aryl methyl sites for hydroxylation is 1. The maximum absolute atomic E-state index is 10.6. The second kappa shape index (κ2) is 6.98. The van der Waals surface area contributed by atoms with Crippen molar-refractivity contribution in [2.45, 2.75) is 52.0 Å². The average molecular weight is 225 g/mol. The van der Waals surface area contributed by atoms with Gasteiger partial charge < -0.3 is 5.11 Å². The highest BCUT2D eigenvalue weighted by molar-refractivity contribution is 5.69. The van der Waals surface area contributed by atoms with Gasteiger partial charge >= 0.3 is 5.97 Å².